The van der Waals surface area contributed by atoms with E-state index in [2.05, 4.69) is 29.0 Å². The number of rotatable bonds is 5. The van der Waals surface area contributed by atoms with E-state index in [1.807, 2.05) is 18.2 Å². The maximum atomic E-state index is 12.9. The minimum atomic E-state index is -0.395. The molecule has 1 aliphatic carbocycles. The minimum absolute atomic E-state index is 0.0302. The zero-order chi connectivity index (χ0) is 19.0. The lowest BCUT2D eigenvalue weighted by molar-refractivity contribution is -0.113. The topological polar surface area (TPSA) is 61.9 Å². The Morgan fingerprint density at radius 3 is 2.48 bits per heavy atom. The molecule has 1 atom stereocenters. The van der Waals surface area contributed by atoms with E-state index in [1.54, 1.807) is 6.07 Å². The van der Waals surface area contributed by atoms with Gasteiger partial charge in [-0.05, 0) is 12.3 Å². The van der Waals surface area contributed by atoms with Crippen molar-refractivity contribution in [3.63, 3.8) is 0 Å². The SMILES string of the molecule is CC(C)C1NC2=C(C(=O)C(=O)c3ccccc32)N1CCCN1CCOCC1. The Morgan fingerprint density at radius 1 is 1.07 bits per heavy atom. The smallest absolute Gasteiger partial charge is 0.251 e. The lowest BCUT2D eigenvalue weighted by Gasteiger charge is -2.32. The predicted octanol–water partition coefficient (Wildman–Crippen LogP) is 1.73. The van der Waals surface area contributed by atoms with Gasteiger partial charge in [-0.25, -0.2) is 0 Å². The van der Waals surface area contributed by atoms with Crippen LogP contribution < -0.4 is 5.32 Å². The summed E-state index contributed by atoms with van der Waals surface area (Å²) < 4.78 is 5.41. The van der Waals surface area contributed by atoms with Gasteiger partial charge < -0.3 is 15.0 Å². The number of nitrogens with one attached hydrogen (secondary N) is 1. The standard InChI is InChI=1S/C21H27N3O3/c1-14(2)21-22-17-15-6-3-4-7-16(15)19(25)20(26)18(17)24(21)9-5-8-23-10-12-27-13-11-23/h3-4,6-7,14,21-22H,5,8-13H2,1-2H3. The van der Waals surface area contributed by atoms with Crippen molar-refractivity contribution in [1.82, 2.24) is 15.1 Å². The molecule has 2 aliphatic heterocycles. The summed E-state index contributed by atoms with van der Waals surface area (Å²) >= 11 is 0. The molecule has 0 amide bonds. The van der Waals surface area contributed by atoms with Gasteiger partial charge in [0.25, 0.3) is 5.78 Å². The summed E-state index contributed by atoms with van der Waals surface area (Å²) in [6.07, 6.45) is 0.979. The average molecular weight is 369 g/mol. The molecule has 144 valence electrons. The molecule has 6 nitrogen and oxygen atoms in total. The number of carbonyl (C=O) groups excluding carboxylic acids is 2. The number of fused-ring (bicyclic) bond motifs is 2. The number of ether oxygens (including phenoxy) is 1. The van der Waals surface area contributed by atoms with Crippen molar-refractivity contribution in [2.75, 3.05) is 39.4 Å². The maximum absolute atomic E-state index is 12.9. The lowest BCUT2D eigenvalue weighted by Crippen LogP contribution is -2.44. The van der Waals surface area contributed by atoms with E-state index in [1.165, 1.54) is 0 Å². The summed E-state index contributed by atoms with van der Waals surface area (Å²) in [7, 11) is 0. The molecule has 4 rings (SSSR count). The summed E-state index contributed by atoms with van der Waals surface area (Å²) in [6, 6.07) is 7.40. The highest BCUT2D eigenvalue weighted by molar-refractivity contribution is 6.52. The molecule has 0 spiro atoms. The van der Waals surface area contributed by atoms with E-state index in [0.717, 1.165) is 57.1 Å². The molecule has 1 fully saturated rings. The first-order chi connectivity index (χ1) is 13.1. The first-order valence-electron chi connectivity index (χ1n) is 9.84. The summed E-state index contributed by atoms with van der Waals surface area (Å²) in [5, 5.41) is 3.54. The zero-order valence-corrected chi connectivity index (χ0v) is 16.0. The normalized spacial score (nSPS) is 22.9. The van der Waals surface area contributed by atoms with Gasteiger partial charge >= 0.3 is 0 Å². The summed E-state index contributed by atoms with van der Waals surface area (Å²) in [4.78, 5) is 30.1. The van der Waals surface area contributed by atoms with Gasteiger partial charge in [0, 0.05) is 37.3 Å². The van der Waals surface area contributed by atoms with Crippen molar-refractivity contribution in [2.24, 2.45) is 5.92 Å². The van der Waals surface area contributed by atoms with Crippen LogP contribution in [-0.2, 0) is 9.53 Å². The summed E-state index contributed by atoms with van der Waals surface area (Å²) in [5.41, 5.74) is 2.73. The van der Waals surface area contributed by atoms with Gasteiger partial charge in [0.05, 0.1) is 18.9 Å². The monoisotopic (exact) mass is 369 g/mol. The van der Waals surface area contributed by atoms with E-state index in [-0.39, 0.29) is 11.9 Å². The van der Waals surface area contributed by atoms with Crippen molar-refractivity contribution in [3.8, 4) is 0 Å². The van der Waals surface area contributed by atoms with Crippen LogP contribution in [0.5, 0.6) is 0 Å². The molecule has 6 heteroatoms. The fourth-order valence-electron chi connectivity index (χ4n) is 4.22. The first-order valence-corrected chi connectivity index (χ1v) is 9.84. The number of morpholine rings is 1. The van der Waals surface area contributed by atoms with Gasteiger partial charge in [-0.1, -0.05) is 38.1 Å². The fraction of sp³-hybridized carbons (Fsp3) is 0.524. The Kier molecular flexibility index (Phi) is 5.02. The van der Waals surface area contributed by atoms with Gasteiger partial charge in [-0.2, -0.15) is 0 Å². The molecule has 1 aromatic carbocycles. The van der Waals surface area contributed by atoms with Crippen molar-refractivity contribution >= 4 is 17.3 Å². The summed E-state index contributed by atoms with van der Waals surface area (Å²) in [5.74, 6) is -0.464. The van der Waals surface area contributed by atoms with Crippen LogP contribution in [0.1, 0.15) is 36.2 Å². The van der Waals surface area contributed by atoms with Crippen molar-refractivity contribution in [1.29, 1.82) is 0 Å². The zero-order valence-electron chi connectivity index (χ0n) is 16.0. The first kappa shape index (κ1) is 18.2. The van der Waals surface area contributed by atoms with Crippen LogP contribution in [0.25, 0.3) is 5.70 Å². The number of allylic oxidation sites excluding steroid dienone is 1. The Labute approximate surface area is 160 Å². The molecule has 1 unspecified atom stereocenters. The molecule has 0 bridgehead atoms. The number of benzene rings is 1. The van der Waals surface area contributed by atoms with Crippen LogP contribution in [0, 0.1) is 5.92 Å². The van der Waals surface area contributed by atoms with E-state index in [9.17, 15) is 9.59 Å². The van der Waals surface area contributed by atoms with Crippen molar-refractivity contribution in [3.05, 3.63) is 41.1 Å². The number of hydrogen-bond acceptors (Lipinski definition) is 6. The van der Waals surface area contributed by atoms with Crippen molar-refractivity contribution < 1.29 is 14.3 Å². The van der Waals surface area contributed by atoms with Crippen LogP contribution in [0.4, 0.5) is 0 Å². The largest absolute Gasteiger partial charge is 0.379 e. The molecule has 3 aliphatic rings. The molecule has 1 N–H and O–H groups in total. The highest BCUT2D eigenvalue weighted by Crippen LogP contribution is 2.36. The van der Waals surface area contributed by atoms with E-state index < -0.39 is 5.78 Å². The molecule has 27 heavy (non-hydrogen) atoms. The number of Topliss-reactive ketones (excluding diaryl/α,β-unsaturated/α-hetero) is 2. The van der Waals surface area contributed by atoms with Crippen LogP contribution in [0.2, 0.25) is 0 Å². The molecular weight excluding hydrogens is 342 g/mol. The number of carbonyl (C=O) groups is 2. The second kappa shape index (κ2) is 7.44. The van der Waals surface area contributed by atoms with Crippen LogP contribution in [0.3, 0.4) is 0 Å². The Bertz CT molecular complexity index is 781. The second-order valence-electron chi connectivity index (χ2n) is 7.76. The van der Waals surface area contributed by atoms with Crippen molar-refractivity contribution in [2.45, 2.75) is 26.4 Å². The van der Waals surface area contributed by atoms with Gasteiger partial charge in [0.15, 0.2) is 0 Å². The van der Waals surface area contributed by atoms with E-state index in [4.69, 9.17) is 4.74 Å². The highest BCUT2D eigenvalue weighted by atomic mass is 16.5. The predicted molar refractivity (Wildman–Crippen MR) is 103 cm³/mol. The van der Waals surface area contributed by atoms with Crippen LogP contribution in [0.15, 0.2) is 30.0 Å². The Balaban J connectivity index is 1.58. The minimum Gasteiger partial charge on any atom is -0.379 e. The highest BCUT2D eigenvalue weighted by Gasteiger charge is 2.43. The molecule has 1 saturated heterocycles. The number of hydrogen-bond donors (Lipinski definition) is 1. The van der Waals surface area contributed by atoms with Gasteiger partial charge in [-0.3, -0.25) is 14.5 Å². The third-order valence-electron chi connectivity index (χ3n) is 5.62. The van der Waals surface area contributed by atoms with Gasteiger partial charge in [0.2, 0.25) is 5.78 Å². The third-order valence-corrected chi connectivity index (χ3v) is 5.62. The summed E-state index contributed by atoms with van der Waals surface area (Å²) in [6.45, 7) is 9.53. The molecule has 1 aromatic rings. The fourth-order valence-corrected chi connectivity index (χ4v) is 4.22. The van der Waals surface area contributed by atoms with Crippen LogP contribution >= 0.6 is 0 Å². The third kappa shape index (κ3) is 3.28. The molecule has 0 aromatic heterocycles. The Hall–Kier alpha value is -2.18. The maximum Gasteiger partial charge on any atom is 0.251 e. The molecule has 0 saturated carbocycles. The van der Waals surface area contributed by atoms with Gasteiger partial charge in [0.1, 0.15) is 11.9 Å². The number of ketones is 2. The molecular formula is C21H27N3O3. The quantitative estimate of drug-likeness (QED) is 0.798. The van der Waals surface area contributed by atoms with Crippen LogP contribution in [-0.4, -0.2) is 66.9 Å². The van der Waals surface area contributed by atoms with Gasteiger partial charge in [-0.15, -0.1) is 0 Å². The second-order valence-corrected chi connectivity index (χ2v) is 7.76. The molecule has 2 heterocycles. The van der Waals surface area contributed by atoms with E-state index in [0.29, 0.717) is 17.2 Å². The lowest BCUT2D eigenvalue weighted by atomic mass is 9.91. The average Bonchev–Trinajstić information content (AvgIpc) is 3.07. The molecule has 0 radical (unpaired) electrons. The number of nitrogens with zero attached hydrogens (tertiary/aromatic N) is 2. The Morgan fingerprint density at radius 2 is 1.78 bits per heavy atom. The van der Waals surface area contributed by atoms with E-state index >= 15 is 0 Å².